The van der Waals surface area contributed by atoms with Gasteiger partial charge in [0.1, 0.15) is 0 Å². The molecule has 0 N–H and O–H groups in total. The molecule has 2 atom stereocenters. The fraction of sp³-hybridized carbons (Fsp3) is 0.625. The zero-order valence-electron chi connectivity index (χ0n) is 11.1. The van der Waals surface area contributed by atoms with Crippen molar-refractivity contribution in [2.75, 3.05) is 26.3 Å². The first kappa shape index (κ1) is 12.2. The van der Waals surface area contributed by atoms with E-state index in [4.69, 9.17) is 4.74 Å². The molecule has 0 aromatic heterocycles. The van der Waals surface area contributed by atoms with Gasteiger partial charge in [-0.2, -0.15) is 0 Å². The van der Waals surface area contributed by atoms with Crippen molar-refractivity contribution in [2.24, 2.45) is 0 Å². The highest BCUT2D eigenvalue weighted by Crippen LogP contribution is 2.35. The van der Waals surface area contributed by atoms with Crippen LogP contribution < -0.4 is 0 Å². The molecule has 1 aliphatic heterocycles. The van der Waals surface area contributed by atoms with Gasteiger partial charge in [0.25, 0.3) is 0 Å². The number of morpholine rings is 1. The Morgan fingerprint density at radius 1 is 1.00 bits per heavy atom. The third-order valence-electron chi connectivity index (χ3n) is 4.48. The van der Waals surface area contributed by atoms with Crippen LogP contribution in [-0.2, 0) is 4.74 Å². The van der Waals surface area contributed by atoms with Crippen molar-refractivity contribution in [2.45, 2.75) is 37.6 Å². The van der Waals surface area contributed by atoms with E-state index in [1.165, 1.54) is 31.2 Å². The van der Waals surface area contributed by atoms with Crippen molar-refractivity contribution < 1.29 is 4.74 Å². The van der Waals surface area contributed by atoms with E-state index in [9.17, 15) is 0 Å². The Balaban J connectivity index is 1.64. The number of ether oxygens (including phenoxy) is 1. The quantitative estimate of drug-likeness (QED) is 0.794. The Morgan fingerprint density at radius 3 is 2.56 bits per heavy atom. The first-order valence-electron chi connectivity index (χ1n) is 7.30. The molecule has 2 unspecified atom stereocenters. The number of benzene rings is 1. The lowest BCUT2D eigenvalue weighted by atomic mass is 9.81. The van der Waals surface area contributed by atoms with E-state index in [0.717, 1.165) is 38.3 Å². The molecule has 1 aromatic carbocycles. The molecule has 1 saturated heterocycles. The van der Waals surface area contributed by atoms with Crippen LogP contribution in [0.5, 0.6) is 0 Å². The predicted octanol–water partition coefficient (Wildman–Crippen LogP) is 3.05. The topological polar surface area (TPSA) is 12.5 Å². The van der Waals surface area contributed by atoms with Gasteiger partial charge in [0.15, 0.2) is 0 Å². The van der Waals surface area contributed by atoms with E-state index in [-0.39, 0.29) is 0 Å². The Morgan fingerprint density at radius 2 is 1.78 bits per heavy atom. The Labute approximate surface area is 110 Å². The van der Waals surface area contributed by atoms with Crippen LogP contribution in [0.15, 0.2) is 30.3 Å². The van der Waals surface area contributed by atoms with Crippen LogP contribution in [0.4, 0.5) is 0 Å². The van der Waals surface area contributed by atoms with Gasteiger partial charge in [-0.3, -0.25) is 4.90 Å². The molecule has 0 radical (unpaired) electrons. The highest BCUT2D eigenvalue weighted by atomic mass is 16.5. The van der Waals surface area contributed by atoms with Crippen molar-refractivity contribution in [3.8, 4) is 0 Å². The van der Waals surface area contributed by atoms with E-state index in [1.807, 2.05) is 0 Å². The second kappa shape index (κ2) is 5.85. The number of nitrogens with zero attached hydrogens (tertiary/aromatic N) is 1. The van der Waals surface area contributed by atoms with Crippen LogP contribution in [0.3, 0.4) is 0 Å². The Kier molecular flexibility index (Phi) is 3.96. The minimum absolute atomic E-state index is 0.771. The lowest BCUT2D eigenvalue weighted by Crippen LogP contribution is -2.45. The summed E-state index contributed by atoms with van der Waals surface area (Å²) in [5.74, 6) is 0.771. The molecule has 0 bridgehead atoms. The first-order chi connectivity index (χ1) is 8.93. The fourth-order valence-electron chi connectivity index (χ4n) is 3.47. The summed E-state index contributed by atoms with van der Waals surface area (Å²) in [5.41, 5.74) is 1.54. The molecule has 0 amide bonds. The molecule has 1 saturated carbocycles. The highest BCUT2D eigenvalue weighted by Gasteiger charge is 2.28. The zero-order chi connectivity index (χ0) is 12.2. The van der Waals surface area contributed by atoms with Crippen molar-refractivity contribution in [1.82, 2.24) is 4.90 Å². The number of hydrogen-bond acceptors (Lipinski definition) is 2. The normalized spacial score (nSPS) is 30.2. The SMILES string of the molecule is c1ccc(C2CCCC(N3CCOCC3)C2)cc1. The zero-order valence-corrected chi connectivity index (χ0v) is 11.1. The molecule has 98 valence electrons. The monoisotopic (exact) mass is 245 g/mol. The maximum atomic E-state index is 5.46. The highest BCUT2D eigenvalue weighted by molar-refractivity contribution is 5.20. The molecule has 1 heterocycles. The van der Waals surface area contributed by atoms with Gasteiger partial charge in [0.2, 0.25) is 0 Å². The molecule has 2 fully saturated rings. The largest absolute Gasteiger partial charge is 0.379 e. The second-order valence-electron chi connectivity index (χ2n) is 5.58. The van der Waals surface area contributed by atoms with Crippen molar-refractivity contribution in [3.63, 3.8) is 0 Å². The molecule has 0 spiro atoms. The van der Waals surface area contributed by atoms with Gasteiger partial charge >= 0.3 is 0 Å². The van der Waals surface area contributed by atoms with Gasteiger partial charge < -0.3 is 4.74 Å². The van der Waals surface area contributed by atoms with Crippen molar-refractivity contribution >= 4 is 0 Å². The van der Waals surface area contributed by atoms with Gasteiger partial charge in [0.05, 0.1) is 13.2 Å². The molecule has 3 rings (SSSR count). The van der Waals surface area contributed by atoms with Crippen LogP contribution >= 0.6 is 0 Å². The van der Waals surface area contributed by atoms with Gasteiger partial charge in [0, 0.05) is 19.1 Å². The van der Waals surface area contributed by atoms with Crippen molar-refractivity contribution in [3.05, 3.63) is 35.9 Å². The summed E-state index contributed by atoms with van der Waals surface area (Å²) >= 11 is 0. The standard InChI is InChI=1S/C16H23NO/c1-2-5-14(6-3-1)15-7-4-8-16(13-15)17-9-11-18-12-10-17/h1-3,5-6,15-16H,4,7-13H2. The Bertz CT molecular complexity index is 359. The molecular weight excluding hydrogens is 222 g/mol. The molecule has 2 aliphatic rings. The Hall–Kier alpha value is -0.860. The molecule has 18 heavy (non-hydrogen) atoms. The van der Waals surface area contributed by atoms with Gasteiger partial charge in [-0.1, -0.05) is 36.8 Å². The predicted molar refractivity (Wildman–Crippen MR) is 73.8 cm³/mol. The average Bonchev–Trinajstić information content (AvgIpc) is 2.49. The molecule has 2 heteroatoms. The van der Waals surface area contributed by atoms with Crippen LogP contribution in [0.2, 0.25) is 0 Å². The second-order valence-corrected chi connectivity index (χ2v) is 5.58. The van der Waals surface area contributed by atoms with Crippen LogP contribution in [-0.4, -0.2) is 37.2 Å². The van der Waals surface area contributed by atoms with Crippen LogP contribution in [0, 0.1) is 0 Å². The molecular formula is C16H23NO. The summed E-state index contributed by atoms with van der Waals surface area (Å²) < 4.78 is 5.46. The van der Waals surface area contributed by atoms with Gasteiger partial charge in [-0.15, -0.1) is 0 Å². The van der Waals surface area contributed by atoms with Crippen molar-refractivity contribution in [1.29, 1.82) is 0 Å². The summed E-state index contributed by atoms with van der Waals surface area (Å²) in [4.78, 5) is 2.65. The van der Waals surface area contributed by atoms with E-state index >= 15 is 0 Å². The fourth-order valence-corrected chi connectivity index (χ4v) is 3.47. The lowest BCUT2D eigenvalue weighted by molar-refractivity contribution is 0.00658. The number of hydrogen-bond donors (Lipinski definition) is 0. The van der Waals surface area contributed by atoms with E-state index in [2.05, 4.69) is 35.2 Å². The van der Waals surface area contributed by atoms with Gasteiger partial charge in [-0.25, -0.2) is 0 Å². The van der Waals surface area contributed by atoms with E-state index in [1.54, 1.807) is 0 Å². The maximum Gasteiger partial charge on any atom is 0.0594 e. The first-order valence-corrected chi connectivity index (χ1v) is 7.30. The molecule has 1 aliphatic carbocycles. The summed E-state index contributed by atoms with van der Waals surface area (Å²) in [6.07, 6.45) is 5.46. The van der Waals surface area contributed by atoms with Crippen LogP contribution in [0.25, 0.3) is 0 Å². The lowest BCUT2D eigenvalue weighted by Gasteiger charge is -2.39. The third kappa shape index (κ3) is 2.76. The maximum absolute atomic E-state index is 5.46. The summed E-state index contributed by atoms with van der Waals surface area (Å²) in [5, 5.41) is 0. The summed E-state index contributed by atoms with van der Waals surface area (Å²) in [6.45, 7) is 4.11. The summed E-state index contributed by atoms with van der Waals surface area (Å²) in [6, 6.07) is 11.8. The average molecular weight is 245 g/mol. The minimum atomic E-state index is 0.771. The van der Waals surface area contributed by atoms with Crippen LogP contribution in [0.1, 0.15) is 37.2 Å². The minimum Gasteiger partial charge on any atom is -0.379 e. The molecule has 2 nitrogen and oxygen atoms in total. The third-order valence-corrected chi connectivity index (χ3v) is 4.48. The molecule has 1 aromatic rings. The number of rotatable bonds is 2. The van der Waals surface area contributed by atoms with E-state index in [0.29, 0.717) is 0 Å². The smallest absolute Gasteiger partial charge is 0.0594 e. The van der Waals surface area contributed by atoms with Gasteiger partial charge in [-0.05, 0) is 30.7 Å². The van der Waals surface area contributed by atoms with E-state index < -0.39 is 0 Å². The summed E-state index contributed by atoms with van der Waals surface area (Å²) in [7, 11) is 0.